The highest BCUT2D eigenvalue weighted by molar-refractivity contribution is 7.92. The van der Waals surface area contributed by atoms with E-state index in [-0.39, 0.29) is 36.2 Å². The molecule has 220 valence electrons. The molecule has 0 unspecified atom stereocenters. The average Bonchev–Trinajstić information content (AvgIpc) is 2.96. The van der Waals surface area contributed by atoms with Crippen LogP contribution in [-0.4, -0.2) is 64.7 Å². The first-order valence-electron chi connectivity index (χ1n) is 13.4. The number of carbonyl (C=O) groups excluding carboxylic acids is 2. The summed E-state index contributed by atoms with van der Waals surface area (Å²) in [6.07, 6.45) is 1.29. The van der Waals surface area contributed by atoms with Gasteiger partial charge in [-0.1, -0.05) is 74.5 Å². The van der Waals surface area contributed by atoms with Gasteiger partial charge in [0.15, 0.2) is 0 Å². The average molecular weight is 582 g/mol. The largest absolute Gasteiger partial charge is 0.497 e. The second-order valence-corrected chi connectivity index (χ2v) is 12.1. The molecule has 0 aliphatic rings. The molecule has 0 saturated carbocycles. The van der Waals surface area contributed by atoms with Crippen molar-refractivity contribution in [1.82, 2.24) is 10.2 Å². The van der Waals surface area contributed by atoms with Gasteiger partial charge >= 0.3 is 0 Å². The number of carbonyl (C=O) groups is 2. The fourth-order valence-electron chi connectivity index (χ4n) is 4.34. The number of benzene rings is 3. The number of nitrogens with one attached hydrogen (secondary N) is 1. The molecular weight excluding hydrogens is 542 g/mol. The molecule has 41 heavy (non-hydrogen) atoms. The molecule has 0 fully saturated rings. The Morgan fingerprint density at radius 3 is 2.02 bits per heavy atom. The Balaban J connectivity index is 2.06. The van der Waals surface area contributed by atoms with Crippen molar-refractivity contribution in [2.75, 3.05) is 37.9 Å². The molecule has 0 aliphatic carbocycles. The first kappa shape index (κ1) is 31.5. The van der Waals surface area contributed by atoms with Gasteiger partial charge in [0.25, 0.3) is 0 Å². The molecule has 0 bridgehead atoms. The van der Waals surface area contributed by atoms with Crippen LogP contribution in [0.25, 0.3) is 0 Å². The molecule has 1 N–H and O–H groups in total. The van der Waals surface area contributed by atoms with E-state index in [1.165, 1.54) is 25.2 Å². The van der Waals surface area contributed by atoms with Crippen LogP contribution < -0.4 is 19.1 Å². The van der Waals surface area contributed by atoms with Crippen LogP contribution in [-0.2, 0) is 32.6 Å². The molecule has 1 atom stereocenters. The summed E-state index contributed by atoms with van der Waals surface area (Å²) < 4.78 is 37.8. The van der Waals surface area contributed by atoms with Gasteiger partial charge in [0.05, 0.1) is 26.2 Å². The summed E-state index contributed by atoms with van der Waals surface area (Å²) in [7, 11) is -1.03. The maximum absolute atomic E-state index is 14.1. The van der Waals surface area contributed by atoms with E-state index in [9.17, 15) is 18.0 Å². The summed E-state index contributed by atoms with van der Waals surface area (Å²) in [5, 5.41) is 2.97. The Kier molecular flexibility index (Phi) is 11.2. The summed E-state index contributed by atoms with van der Waals surface area (Å²) in [4.78, 5) is 29.3. The second-order valence-electron chi connectivity index (χ2n) is 10.2. The molecule has 3 aromatic carbocycles. The molecule has 0 aliphatic heterocycles. The van der Waals surface area contributed by atoms with E-state index in [0.29, 0.717) is 12.3 Å². The Morgan fingerprint density at radius 2 is 1.49 bits per heavy atom. The number of ether oxygens (including phenoxy) is 2. The number of nitrogens with zero attached hydrogens (tertiary/aromatic N) is 2. The zero-order valence-corrected chi connectivity index (χ0v) is 25.1. The highest BCUT2D eigenvalue weighted by atomic mass is 32.2. The molecule has 10 heteroatoms. The van der Waals surface area contributed by atoms with E-state index < -0.39 is 28.5 Å². The minimum Gasteiger partial charge on any atom is -0.497 e. The SMILES string of the molecule is COc1ccc(N(CC(=O)N(Cc2ccccc2)[C@@H](Cc2ccccc2)C(=O)NCC(C)C)S(C)(=O)=O)c(OC)c1. The topological polar surface area (TPSA) is 105 Å². The Morgan fingerprint density at radius 1 is 0.878 bits per heavy atom. The van der Waals surface area contributed by atoms with Crippen LogP contribution in [0.4, 0.5) is 5.69 Å². The van der Waals surface area contributed by atoms with E-state index in [2.05, 4.69) is 5.32 Å². The number of hydrogen-bond acceptors (Lipinski definition) is 6. The third kappa shape index (κ3) is 8.97. The van der Waals surface area contributed by atoms with Crippen molar-refractivity contribution in [1.29, 1.82) is 0 Å². The lowest BCUT2D eigenvalue weighted by atomic mass is 10.0. The highest BCUT2D eigenvalue weighted by Crippen LogP contribution is 2.33. The number of hydrogen-bond donors (Lipinski definition) is 1. The van der Waals surface area contributed by atoms with Crippen molar-refractivity contribution in [3.63, 3.8) is 0 Å². The lowest BCUT2D eigenvalue weighted by molar-refractivity contribution is -0.140. The van der Waals surface area contributed by atoms with E-state index in [0.717, 1.165) is 21.7 Å². The standard InChI is InChI=1S/C31H39N3O6S/c1-23(2)20-32-31(36)28(18-24-12-8-6-9-13-24)33(21-25-14-10-7-11-15-25)30(35)22-34(41(5,37)38)27-17-16-26(39-3)19-29(27)40-4/h6-17,19,23,28H,18,20-22H2,1-5H3,(H,32,36)/t28-/m0/s1. The van der Waals surface area contributed by atoms with Crippen LogP contribution in [0, 0.1) is 5.92 Å². The molecule has 9 nitrogen and oxygen atoms in total. The maximum Gasteiger partial charge on any atom is 0.244 e. The van der Waals surface area contributed by atoms with Gasteiger partial charge in [-0.05, 0) is 29.2 Å². The lowest BCUT2D eigenvalue weighted by Gasteiger charge is -2.34. The van der Waals surface area contributed by atoms with Crippen molar-refractivity contribution in [3.8, 4) is 11.5 Å². The van der Waals surface area contributed by atoms with Gasteiger partial charge in [0.2, 0.25) is 21.8 Å². The van der Waals surface area contributed by atoms with Gasteiger partial charge in [-0.25, -0.2) is 8.42 Å². The summed E-state index contributed by atoms with van der Waals surface area (Å²) in [5.74, 6) is 0.0731. The molecular formula is C31H39N3O6S. The Labute approximate surface area is 243 Å². The van der Waals surface area contributed by atoms with E-state index >= 15 is 0 Å². The van der Waals surface area contributed by atoms with E-state index in [1.807, 2.05) is 74.5 Å². The molecule has 0 radical (unpaired) electrons. The van der Waals surface area contributed by atoms with Crippen LogP contribution in [0.3, 0.4) is 0 Å². The predicted molar refractivity (Wildman–Crippen MR) is 161 cm³/mol. The van der Waals surface area contributed by atoms with Crippen LogP contribution in [0.5, 0.6) is 11.5 Å². The van der Waals surface area contributed by atoms with Crippen molar-refractivity contribution in [2.45, 2.75) is 32.9 Å². The monoisotopic (exact) mass is 581 g/mol. The zero-order chi connectivity index (χ0) is 30.0. The lowest BCUT2D eigenvalue weighted by Crippen LogP contribution is -2.53. The van der Waals surface area contributed by atoms with Gasteiger partial charge in [-0.15, -0.1) is 0 Å². The van der Waals surface area contributed by atoms with Crippen molar-refractivity contribution in [2.24, 2.45) is 5.92 Å². The predicted octanol–water partition coefficient (Wildman–Crippen LogP) is 3.88. The molecule has 0 saturated heterocycles. The first-order valence-corrected chi connectivity index (χ1v) is 15.2. The fraction of sp³-hybridized carbons (Fsp3) is 0.355. The molecule has 0 aromatic heterocycles. The zero-order valence-electron chi connectivity index (χ0n) is 24.2. The minimum atomic E-state index is -3.93. The molecule has 0 heterocycles. The number of rotatable bonds is 14. The second kappa shape index (κ2) is 14.5. The third-order valence-corrected chi connectivity index (χ3v) is 7.61. The van der Waals surface area contributed by atoms with Crippen LogP contribution >= 0.6 is 0 Å². The summed E-state index contributed by atoms with van der Waals surface area (Å²) in [5.41, 5.74) is 1.87. The molecule has 3 rings (SSSR count). The third-order valence-electron chi connectivity index (χ3n) is 6.49. The fourth-order valence-corrected chi connectivity index (χ4v) is 5.20. The number of sulfonamides is 1. The van der Waals surface area contributed by atoms with E-state index in [4.69, 9.17) is 9.47 Å². The van der Waals surface area contributed by atoms with E-state index in [1.54, 1.807) is 12.1 Å². The number of amides is 2. The van der Waals surface area contributed by atoms with Gasteiger partial charge in [-0.3, -0.25) is 13.9 Å². The van der Waals surface area contributed by atoms with Crippen molar-refractivity contribution in [3.05, 3.63) is 90.0 Å². The minimum absolute atomic E-state index is 0.115. The molecule has 0 spiro atoms. The van der Waals surface area contributed by atoms with Crippen LogP contribution in [0.1, 0.15) is 25.0 Å². The Hall–Kier alpha value is -4.05. The maximum atomic E-state index is 14.1. The summed E-state index contributed by atoms with van der Waals surface area (Å²) in [6.45, 7) is 4.01. The van der Waals surface area contributed by atoms with Crippen LogP contribution in [0.2, 0.25) is 0 Å². The summed E-state index contributed by atoms with van der Waals surface area (Å²) in [6, 6.07) is 22.6. The van der Waals surface area contributed by atoms with Crippen molar-refractivity contribution >= 4 is 27.5 Å². The van der Waals surface area contributed by atoms with Crippen molar-refractivity contribution < 1.29 is 27.5 Å². The van der Waals surface area contributed by atoms with Gasteiger partial charge in [-0.2, -0.15) is 0 Å². The molecule has 3 aromatic rings. The highest BCUT2D eigenvalue weighted by Gasteiger charge is 2.33. The molecule has 2 amide bonds. The van der Waals surface area contributed by atoms with Crippen LogP contribution in [0.15, 0.2) is 78.9 Å². The van der Waals surface area contributed by atoms with Gasteiger partial charge in [0, 0.05) is 25.6 Å². The van der Waals surface area contributed by atoms with Gasteiger partial charge < -0.3 is 19.7 Å². The normalized spacial score (nSPS) is 12.0. The smallest absolute Gasteiger partial charge is 0.244 e. The van der Waals surface area contributed by atoms with Gasteiger partial charge in [0.1, 0.15) is 24.1 Å². The number of anilines is 1. The first-order chi connectivity index (χ1) is 19.5. The Bertz CT molecular complexity index is 1400. The quantitative estimate of drug-likeness (QED) is 0.310. The summed E-state index contributed by atoms with van der Waals surface area (Å²) >= 11 is 0. The number of methoxy groups -OCH3 is 2.